The summed E-state index contributed by atoms with van der Waals surface area (Å²) >= 11 is 0. The highest BCUT2D eigenvalue weighted by Gasteiger charge is 2.17. The SMILES string of the molecule is CC(C)(C)OC(=O)c1cccc(NC=O)c1. The lowest BCUT2D eigenvalue weighted by Gasteiger charge is -2.19. The number of benzene rings is 1. The standard InChI is InChI=1S/C12H15NO3/c1-12(2,3)16-11(15)9-5-4-6-10(7-9)13-8-14/h4-8H,1-3H3,(H,13,14). The Labute approximate surface area is 94.6 Å². The van der Waals surface area contributed by atoms with Gasteiger partial charge in [-0.1, -0.05) is 6.07 Å². The molecule has 0 bridgehead atoms. The van der Waals surface area contributed by atoms with Crippen LogP contribution in [-0.2, 0) is 9.53 Å². The number of nitrogens with one attached hydrogen (secondary N) is 1. The van der Waals surface area contributed by atoms with Crippen LogP contribution in [0.5, 0.6) is 0 Å². The van der Waals surface area contributed by atoms with Gasteiger partial charge in [-0.15, -0.1) is 0 Å². The monoisotopic (exact) mass is 221 g/mol. The molecule has 0 fully saturated rings. The van der Waals surface area contributed by atoms with Gasteiger partial charge in [0.05, 0.1) is 5.56 Å². The highest BCUT2D eigenvalue weighted by Crippen LogP contribution is 2.15. The Kier molecular flexibility index (Phi) is 3.66. The summed E-state index contributed by atoms with van der Waals surface area (Å²) in [6.45, 7) is 5.41. The van der Waals surface area contributed by atoms with E-state index in [1.807, 2.05) is 0 Å². The van der Waals surface area contributed by atoms with Gasteiger partial charge in [0, 0.05) is 5.69 Å². The topological polar surface area (TPSA) is 55.4 Å². The molecular formula is C12H15NO3. The number of esters is 1. The fourth-order valence-corrected chi connectivity index (χ4v) is 1.14. The van der Waals surface area contributed by atoms with Gasteiger partial charge in [0.25, 0.3) is 0 Å². The molecule has 0 aliphatic carbocycles. The molecule has 0 aliphatic rings. The quantitative estimate of drug-likeness (QED) is 0.629. The van der Waals surface area contributed by atoms with Crippen LogP contribution in [0.2, 0.25) is 0 Å². The van der Waals surface area contributed by atoms with Gasteiger partial charge >= 0.3 is 5.97 Å². The van der Waals surface area contributed by atoms with E-state index in [1.165, 1.54) is 0 Å². The summed E-state index contributed by atoms with van der Waals surface area (Å²) in [5.41, 5.74) is 0.464. The number of carbonyl (C=O) groups excluding carboxylic acids is 2. The van der Waals surface area contributed by atoms with Crippen LogP contribution in [0.3, 0.4) is 0 Å². The van der Waals surface area contributed by atoms with E-state index in [1.54, 1.807) is 45.0 Å². The zero-order chi connectivity index (χ0) is 12.2. The average molecular weight is 221 g/mol. The molecule has 1 rings (SSSR count). The summed E-state index contributed by atoms with van der Waals surface area (Å²) in [6.07, 6.45) is 0.564. The minimum absolute atomic E-state index is 0.401. The smallest absolute Gasteiger partial charge is 0.338 e. The van der Waals surface area contributed by atoms with E-state index in [-0.39, 0.29) is 0 Å². The van der Waals surface area contributed by atoms with Crippen molar-refractivity contribution in [2.75, 3.05) is 5.32 Å². The molecule has 0 spiro atoms. The Balaban J connectivity index is 2.83. The van der Waals surface area contributed by atoms with Crippen molar-refractivity contribution in [3.8, 4) is 0 Å². The van der Waals surface area contributed by atoms with Crippen LogP contribution in [0.1, 0.15) is 31.1 Å². The number of ether oxygens (including phenoxy) is 1. The number of anilines is 1. The highest BCUT2D eigenvalue weighted by molar-refractivity contribution is 5.91. The summed E-state index contributed by atoms with van der Waals surface area (Å²) in [6, 6.07) is 6.60. The Morgan fingerprint density at radius 3 is 2.62 bits per heavy atom. The maximum Gasteiger partial charge on any atom is 0.338 e. The van der Waals surface area contributed by atoms with Crippen molar-refractivity contribution >= 4 is 18.1 Å². The minimum atomic E-state index is -0.523. The number of rotatable bonds is 3. The molecule has 1 N–H and O–H groups in total. The third-order valence-electron chi connectivity index (χ3n) is 1.72. The van der Waals surface area contributed by atoms with Crippen molar-refractivity contribution in [1.29, 1.82) is 0 Å². The molecule has 0 unspecified atom stereocenters. The van der Waals surface area contributed by atoms with Crippen LogP contribution < -0.4 is 5.32 Å². The largest absolute Gasteiger partial charge is 0.456 e. The Morgan fingerprint density at radius 1 is 1.38 bits per heavy atom. The number of carbonyl (C=O) groups is 2. The van der Waals surface area contributed by atoms with Crippen molar-refractivity contribution < 1.29 is 14.3 Å². The molecule has 16 heavy (non-hydrogen) atoms. The second kappa shape index (κ2) is 4.79. The summed E-state index contributed by atoms with van der Waals surface area (Å²) in [5, 5.41) is 2.48. The highest BCUT2D eigenvalue weighted by atomic mass is 16.6. The van der Waals surface area contributed by atoms with E-state index in [9.17, 15) is 9.59 Å². The molecule has 4 nitrogen and oxygen atoms in total. The summed E-state index contributed by atoms with van der Waals surface area (Å²) in [5.74, 6) is -0.401. The lowest BCUT2D eigenvalue weighted by molar-refractivity contribution is -0.105. The fourth-order valence-electron chi connectivity index (χ4n) is 1.14. The molecule has 0 radical (unpaired) electrons. The van der Waals surface area contributed by atoms with Gasteiger partial charge in [-0.25, -0.2) is 4.79 Å². The molecule has 0 heterocycles. The van der Waals surface area contributed by atoms with Gasteiger partial charge in [0.2, 0.25) is 6.41 Å². The van der Waals surface area contributed by atoms with E-state index in [2.05, 4.69) is 5.32 Å². The normalized spacial score (nSPS) is 10.7. The van der Waals surface area contributed by atoms with Crippen LogP contribution >= 0.6 is 0 Å². The van der Waals surface area contributed by atoms with Gasteiger partial charge in [-0.2, -0.15) is 0 Å². The second-order valence-corrected chi connectivity index (χ2v) is 4.34. The predicted molar refractivity (Wildman–Crippen MR) is 61.3 cm³/mol. The Morgan fingerprint density at radius 2 is 2.06 bits per heavy atom. The molecular weight excluding hydrogens is 206 g/mol. The maximum atomic E-state index is 11.7. The number of amides is 1. The minimum Gasteiger partial charge on any atom is -0.456 e. The maximum absolute atomic E-state index is 11.7. The summed E-state index contributed by atoms with van der Waals surface area (Å²) in [4.78, 5) is 21.9. The van der Waals surface area contributed by atoms with Crippen LogP contribution in [-0.4, -0.2) is 18.0 Å². The van der Waals surface area contributed by atoms with Crippen LogP contribution in [0.15, 0.2) is 24.3 Å². The third kappa shape index (κ3) is 3.73. The average Bonchev–Trinajstić information content (AvgIpc) is 2.16. The molecule has 0 aromatic heterocycles. The Hall–Kier alpha value is -1.84. The lowest BCUT2D eigenvalue weighted by Crippen LogP contribution is -2.23. The molecule has 0 atom stereocenters. The molecule has 4 heteroatoms. The first-order valence-electron chi connectivity index (χ1n) is 4.96. The first kappa shape index (κ1) is 12.2. The molecule has 86 valence electrons. The molecule has 1 aromatic rings. The molecule has 0 saturated carbocycles. The van der Waals surface area contributed by atoms with Gasteiger partial charge in [-0.3, -0.25) is 4.79 Å². The van der Waals surface area contributed by atoms with Gasteiger partial charge < -0.3 is 10.1 Å². The van der Waals surface area contributed by atoms with Crippen molar-refractivity contribution in [3.63, 3.8) is 0 Å². The van der Waals surface area contributed by atoms with Crippen molar-refractivity contribution in [1.82, 2.24) is 0 Å². The van der Waals surface area contributed by atoms with Gasteiger partial charge in [-0.05, 0) is 39.0 Å². The van der Waals surface area contributed by atoms with Crippen LogP contribution in [0, 0.1) is 0 Å². The van der Waals surface area contributed by atoms with E-state index in [4.69, 9.17) is 4.74 Å². The number of hydrogen-bond donors (Lipinski definition) is 1. The van der Waals surface area contributed by atoms with Gasteiger partial charge in [0.15, 0.2) is 0 Å². The zero-order valence-corrected chi connectivity index (χ0v) is 9.61. The molecule has 1 amide bonds. The lowest BCUT2D eigenvalue weighted by atomic mass is 10.1. The number of hydrogen-bond acceptors (Lipinski definition) is 3. The summed E-state index contributed by atoms with van der Waals surface area (Å²) < 4.78 is 5.20. The van der Waals surface area contributed by atoms with Gasteiger partial charge in [0.1, 0.15) is 5.60 Å². The molecule has 0 saturated heterocycles. The van der Waals surface area contributed by atoms with E-state index < -0.39 is 11.6 Å². The van der Waals surface area contributed by atoms with Crippen molar-refractivity contribution in [2.24, 2.45) is 0 Å². The van der Waals surface area contributed by atoms with Crippen LogP contribution in [0.4, 0.5) is 5.69 Å². The third-order valence-corrected chi connectivity index (χ3v) is 1.72. The van der Waals surface area contributed by atoms with E-state index in [0.717, 1.165) is 0 Å². The second-order valence-electron chi connectivity index (χ2n) is 4.34. The zero-order valence-electron chi connectivity index (χ0n) is 9.61. The predicted octanol–water partition coefficient (Wildman–Crippen LogP) is 2.21. The van der Waals surface area contributed by atoms with E-state index >= 15 is 0 Å². The van der Waals surface area contributed by atoms with Crippen molar-refractivity contribution in [3.05, 3.63) is 29.8 Å². The molecule has 0 aliphatic heterocycles. The van der Waals surface area contributed by atoms with Crippen LogP contribution in [0.25, 0.3) is 0 Å². The first-order chi connectivity index (χ1) is 7.42. The van der Waals surface area contributed by atoms with E-state index in [0.29, 0.717) is 17.7 Å². The van der Waals surface area contributed by atoms with Crippen molar-refractivity contribution in [2.45, 2.75) is 26.4 Å². The first-order valence-corrected chi connectivity index (χ1v) is 4.96. The fraction of sp³-hybridized carbons (Fsp3) is 0.333. The molecule has 1 aromatic carbocycles. The summed E-state index contributed by atoms with van der Waals surface area (Å²) in [7, 11) is 0. The Bertz CT molecular complexity index is 393.